The van der Waals surface area contributed by atoms with Gasteiger partial charge >= 0.3 is 0 Å². The van der Waals surface area contributed by atoms with Gasteiger partial charge in [0, 0.05) is 37.9 Å². The minimum absolute atomic E-state index is 0.0206. The zero-order valence-electron chi connectivity index (χ0n) is 18.5. The second kappa shape index (κ2) is 10.3. The second-order valence-corrected chi connectivity index (χ2v) is 10.0. The molecule has 1 aliphatic heterocycles. The van der Waals surface area contributed by atoms with Gasteiger partial charge in [0.15, 0.2) is 0 Å². The number of aromatic nitrogens is 1. The molecule has 1 aliphatic rings. The van der Waals surface area contributed by atoms with Crippen LogP contribution in [0.5, 0.6) is 0 Å². The summed E-state index contributed by atoms with van der Waals surface area (Å²) >= 11 is 6.28. The van der Waals surface area contributed by atoms with Gasteiger partial charge in [-0.15, -0.1) is 6.58 Å². The van der Waals surface area contributed by atoms with E-state index in [0.717, 1.165) is 5.82 Å². The van der Waals surface area contributed by atoms with E-state index in [0.29, 0.717) is 42.5 Å². The molecule has 3 aromatic rings. The summed E-state index contributed by atoms with van der Waals surface area (Å²) < 4.78 is 28.2. The lowest BCUT2D eigenvalue weighted by atomic mass is 10.2. The van der Waals surface area contributed by atoms with Gasteiger partial charge in [-0.25, -0.2) is 13.4 Å². The number of nitrogens with zero attached hydrogens (tertiary/aromatic N) is 4. The van der Waals surface area contributed by atoms with Gasteiger partial charge in [-0.3, -0.25) is 9.10 Å². The lowest BCUT2D eigenvalue weighted by Gasteiger charge is -2.35. The average Bonchev–Trinajstić information content (AvgIpc) is 2.88. The third kappa shape index (κ3) is 4.93. The highest BCUT2D eigenvalue weighted by molar-refractivity contribution is 7.92. The van der Waals surface area contributed by atoms with E-state index < -0.39 is 10.0 Å². The van der Waals surface area contributed by atoms with E-state index in [9.17, 15) is 13.2 Å². The Morgan fingerprint density at radius 2 is 1.76 bits per heavy atom. The van der Waals surface area contributed by atoms with Crippen LogP contribution < -0.4 is 9.21 Å². The van der Waals surface area contributed by atoms with E-state index in [1.54, 1.807) is 47.5 Å². The zero-order valence-corrected chi connectivity index (χ0v) is 20.1. The molecule has 34 heavy (non-hydrogen) atoms. The van der Waals surface area contributed by atoms with Crippen LogP contribution >= 0.6 is 11.6 Å². The summed E-state index contributed by atoms with van der Waals surface area (Å²) in [4.78, 5) is 21.4. The number of pyridine rings is 1. The van der Waals surface area contributed by atoms with Gasteiger partial charge in [0.05, 0.1) is 22.2 Å². The van der Waals surface area contributed by atoms with Crippen LogP contribution in [-0.2, 0) is 10.0 Å². The summed E-state index contributed by atoms with van der Waals surface area (Å²) in [5.41, 5.74) is 0.677. The van der Waals surface area contributed by atoms with Gasteiger partial charge < -0.3 is 9.80 Å². The number of halogens is 1. The molecule has 0 saturated carbocycles. The van der Waals surface area contributed by atoms with Crippen LogP contribution in [0.15, 0.2) is 90.5 Å². The van der Waals surface area contributed by atoms with Gasteiger partial charge in [0.25, 0.3) is 15.9 Å². The molecular formula is C25H25ClN4O3S. The first-order valence-corrected chi connectivity index (χ1v) is 12.7. The van der Waals surface area contributed by atoms with Gasteiger partial charge in [0.1, 0.15) is 5.82 Å². The molecule has 176 valence electrons. The number of amides is 1. The molecule has 1 aromatic heterocycles. The summed E-state index contributed by atoms with van der Waals surface area (Å²) in [6, 6.07) is 18.6. The topological polar surface area (TPSA) is 73.8 Å². The average molecular weight is 497 g/mol. The predicted molar refractivity (Wildman–Crippen MR) is 135 cm³/mol. The van der Waals surface area contributed by atoms with Gasteiger partial charge in [-0.05, 0) is 42.5 Å². The standard InChI is InChI=1S/C25H25ClN4O3S/c1-2-14-30(23-11-4-3-10-22(23)26)34(32,33)21-9-7-8-20(19-21)25(31)29-17-15-28(16-18-29)24-12-5-6-13-27-24/h2-13,19H,1,14-18H2. The minimum atomic E-state index is -3.98. The van der Waals surface area contributed by atoms with Crippen molar-refractivity contribution in [1.29, 1.82) is 0 Å². The fourth-order valence-corrected chi connectivity index (χ4v) is 5.66. The molecule has 0 N–H and O–H groups in total. The van der Waals surface area contributed by atoms with Crippen molar-refractivity contribution in [3.05, 3.63) is 96.2 Å². The smallest absolute Gasteiger partial charge is 0.264 e. The summed E-state index contributed by atoms with van der Waals surface area (Å²) in [6.45, 7) is 6.07. The number of rotatable bonds is 7. The molecule has 0 aliphatic carbocycles. The van der Waals surface area contributed by atoms with Crippen molar-refractivity contribution >= 4 is 39.0 Å². The Morgan fingerprint density at radius 1 is 1.03 bits per heavy atom. The van der Waals surface area contributed by atoms with Gasteiger partial charge in [-0.1, -0.05) is 41.9 Å². The Hall–Kier alpha value is -3.36. The summed E-state index contributed by atoms with van der Waals surface area (Å²) in [5.74, 6) is 0.676. The first kappa shape index (κ1) is 23.8. The van der Waals surface area contributed by atoms with E-state index in [4.69, 9.17) is 11.6 Å². The number of hydrogen-bond acceptors (Lipinski definition) is 5. The van der Waals surface area contributed by atoms with E-state index >= 15 is 0 Å². The first-order chi connectivity index (χ1) is 16.4. The first-order valence-electron chi connectivity index (χ1n) is 10.9. The fourth-order valence-electron chi connectivity index (χ4n) is 3.88. The lowest BCUT2D eigenvalue weighted by Crippen LogP contribution is -2.49. The Morgan fingerprint density at radius 3 is 2.44 bits per heavy atom. The molecule has 0 radical (unpaired) electrons. The molecule has 1 saturated heterocycles. The van der Waals surface area contributed by atoms with Crippen molar-refractivity contribution in [1.82, 2.24) is 9.88 Å². The van der Waals surface area contributed by atoms with E-state index in [-0.39, 0.29) is 17.3 Å². The highest BCUT2D eigenvalue weighted by Gasteiger charge is 2.28. The summed E-state index contributed by atoms with van der Waals surface area (Å²) in [6.07, 6.45) is 3.24. The maximum atomic E-state index is 13.5. The Kier molecular flexibility index (Phi) is 7.19. The number of para-hydroxylation sites is 1. The lowest BCUT2D eigenvalue weighted by molar-refractivity contribution is 0.0746. The molecule has 0 bridgehead atoms. The summed E-state index contributed by atoms with van der Waals surface area (Å²) in [5, 5.41) is 0.311. The largest absolute Gasteiger partial charge is 0.353 e. The van der Waals surface area contributed by atoms with Crippen molar-refractivity contribution in [3.63, 3.8) is 0 Å². The molecule has 9 heteroatoms. The number of piperazine rings is 1. The van der Waals surface area contributed by atoms with Gasteiger partial charge in [0.2, 0.25) is 0 Å². The predicted octanol–water partition coefficient (Wildman–Crippen LogP) is 4.08. The van der Waals surface area contributed by atoms with Crippen LogP contribution in [0.2, 0.25) is 5.02 Å². The number of hydrogen-bond donors (Lipinski definition) is 0. The zero-order chi connectivity index (χ0) is 24.1. The normalized spacial score (nSPS) is 14.0. The van der Waals surface area contributed by atoms with Crippen molar-refractivity contribution in [2.45, 2.75) is 4.90 Å². The Labute approximate surface area is 204 Å². The quantitative estimate of drug-likeness (QED) is 0.461. The highest BCUT2D eigenvalue weighted by Crippen LogP contribution is 2.30. The van der Waals surface area contributed by atoms with Crippen LogP contribution in [0.4, 0.5) is 11.5 Å². The molecular weight excluding hydrogens is 472 g/mol. The molecule has 1 amide bonds. The van der Waals surface area contributed by atoms with Crippen LogP contribution in [0.25, 0.3) is 0 Å². The van der Waals surface area contributed by atoms with Crippen molar-refractivity contribution in [3.8, 4) is 0 Å². The van der Waals surface area contributed by atoms with Crippen LogP contribution in [-0.4, -0.2) is 56.9 Å². The summed E-state index contributed by atoms with van der Waals surface area (Å²) in [7, 11) is -3.98. The van der Waals surface area contributed by atoms with E-state index in [1.807, 2.05) is 18.2 Å². The van der Waals surface area contributed by atoms with Crippen LogP contribution in [0, 0.1) is 0 Å². The van der Waals surface area contributed by atoms with Gasteiger partial charge in [-0.2, -0.15) is 0 Å². The molecule has 7 nitrogen and oxygen atoms in total. The molecule has 0 spiro atoms. The number of anilines is 2. The number of sulfonamides is 1. The fraction of sp³-hybridized carbons (Fsp3) is 0.200. The van der Waals surface area contributed by atoms with Crippen molar-refractivity contribution < 1.29 is 13.2 Å². The maximum absolute atomic E-state index is 13.5. The molecule has 0 unspecified atom stereocenters. The molecule has 2 aromatic carbocycles. The van der Waals surface area contributed by atoms with Crippen molar-refractivity contribution in [2.75, 3.05) is 41.9 Å². The Balaban J connectivity index is 1.54. The second-order valence-electron chi connectivity index (χ2n) is 7.77. The molecule has 2 heterocycles. The third-order valence-electron chi connectivity index (χ3n) is 5.63. The van der Waals surface area contributed by atoms with Crippen LogP contribution in [0.1, 0.15) is 10.4 Å². The molecule has 0 atom stereocenters. The minimum Gasteiger partial charge on any atom is -0.353 e. The SMILES string of the molecule is C=CCN(c1ccccc1Cl)S(=O)(=O)c1cccc(C(=O)N2CCN(c3ccccn3)CC2)c1. The third-order valence-corrected chi connectivity index (χ3v) is 7.72. The number of benzene rings is 2. The highest BCUT2D eigenvalue weighted by atomic mass is 35.5. The van der Waals surface area contributed by atoms with Crippen molar-refractivity contribution in [2.24, 2.45) is 0 Å². The monoisotopic (exact) mass is 496 g/mol. The number of carbonyl (C=O) groups excluding carboxylic acids is 1. The molecule has 1 fully saturated rings. The molecule has 4 rings (SSSR count). The number of carbonyl (C=O) groups is 1. The van der Waals surface area contributed by atoms with Crippen LogP contribution in [0.3, 0.4) is 0 Å². The maximum Gasteiger partial charge on any atom is 0.264 e. The van der Waals surface area contributed by atoms with E-state index in [1.165, 1.54) is 22.5 Å². The van der Waals surface area contributed by atoms with E-state index in [2.05, 4.69) is 16.5 Å². The Bertz CT molecular complexity index is 1280.